The lowest BCUT2D eigenvalue weighted by Gasteiger charge is -2.05. The molecule has 0 saturated carbocycles. The summed E-state index contributed by atoms with van der Waals surface area (Å²) >= 11 is 0. The minimum Gasteiger partial charge on any atom is -0.447 e. The van der Waals surface area contributed by atoms with Gasteiger partial charge in [0.2, 0.25) is 0 Å². The topological polar surface area (TPSA) is 55.0 Å². The Morgan fingerprint density at radius 1 is 1.09 bits per heavy atom. The highest BCUT2D eigenvalue weighted by Gasteiger charge is 2.16. The highest BCUT2D eigenvalue weighted by atomic mass is 16.5. The van der Waals surface area contributed by atoms with Gasteiger partial charge in [-0.25, -0.2) is 4.79 Å². The van der Waals surface area contributed by atoms with Gasteiger partial charge in [-0.1, -0.05) is 48.5 Å². The minimum atomic E-state index is -0.468. The van der Waals surface area contributed by atoms with Crippen molar-refractivity contribution in [3.05, 3.63) is 71.9 Å². The fraction of sp³-hybridized carbons (Fsp3) is 0.111. The van der Waals surface area contributed by atoms with Crippen molar-refractivity contribution in [1.82, 2.24) is 4.57 Å². The Kier molecular flexibility index (Phi) is 3.88. The molecular weight excluding hydrogens is 276 g/mol. The van der Waals surface area contributed by atoms with Crippen molar-refractivity contribution in [2.75, 3.05) is 6.61 Å². The molecule has 3 rings (SSSR count). The van der Waals surface area contributed by atoms with E-state index in [-0.39, 0.29) is 6.61 Å². The van der Waals surface area contributed by atoms with Gasteiger partial charge < -0.3 is 9.30 Å². The van der Waals surface area contributed by atoms with Crippen LogP contribution < -0.4 is 0 Å². The number of carbonyl (C=O) groups excluding carboxylic acids is 1. The highest BCUT2D eigenvalue weighted by molar-refractivity contribution is 6.04. The molecule has 1 aromatic heterocycles. The lowest BCUT2D eigenvalue weighted by atomic mass is 10.2. The monoisotopic (exact) mass is 290 g/mol. The Labute approximate surface area is 128 Å². The summed E-state index contributed by atoms with van der Waals surface area (Å²) in [6.45, 7) is 0.434. The van der Waals surface area contributed by atoms with Crippen LogP contribution in [0.4, 0.5) is 0 Å². The number of hydrogen-bond acceptors (Lipinski definition) is 3. The third-order valence-electron chi connectivity index (χ3n) is 3.47. The zero-order chi connectivity index (χ0) is 15.4. The van der Waals surface area contributed by atoms with Crippen LogP contribution in [-0.2, 0) is 11.3 Å². The van der Waals surface area contributed by atoms with Gasteiger partial charge in [-0.05, 0) is 11.6 Å². The Bertz CT molecular complexity index is 844. The van der Waals surface area contributed by atoms with E-state index >= 15 is 0 Å². The first-order valence-electron chi connectivity index (χ1n) is 6.95. The molecule has 0 N–H and O–H groups in total. The Hall–Kier alpha value is -3.06. The van der Waals surface area contributed by atoms with Gasteiger partial charge in [-0.3, -0.25) is 0 Å². The third-order valence-corrected chi connectivity index (χ3v) is 3.47. The molecule has 1 heterocycles. The Balaban J connectivity index is 2.01. The average Bonchev–Trinajstić information content (AvgIpc) is 2.93. The maximum atomic E-state index is 12.1. The van der Waals surface area contributed by atoms with E-state index < -0.39 is 5.97 Å². The number of nitrogens with zero attached hydrogens (tertiary/aromatic N) is 2. The number of carbonyl (C=O) groups is 1. The normalized spacial score (nSPS) is 10.3. The molecule has 3 aromatic rings. The lowest BCUT2D eigenvalue weighted by molar-refractivity contribution is 0.0557. The van der Waals surface area contributed by atoms with E-state index in [9.17, 15) is 4.79 Å². The summed E-state index contributed by atoms with van der Waals surface area (Å²) in [4.78, 5) is 12.1. The molecule has 4 heteroatoms. The second kappa shape index (κ2) is 6.15. The molecule has 0 saturated heterocycles. The number of esters is 1. The van der Waals surface area contributed by atoms with Crippen LogP contribution in [0.1, 0.15) is 15.9 Å². The molecule has 0 atom stereocenters. The Morgan fingerprint density at radius 2 is 1.82 bits per heavy atom. The number of rotatable bonds is 4. The van der Waals surface area contributed by atoms with Gasteiger partial charge in [-0.15, -0.1) is 0 Å². The van der Waals surface area contributed by atoms with Crippen LogP contribution in [-0.4, -0.2) is 17.1 Å². The average molecular weight is 290 g/mol. The van der Waals surface area contributed by atoms with E-state index in [1.807, 2.05) is 65.2 Å². The molecule has 0 fully saturated rings. The fourth-order valence-corrected chi connectivity index (χ4v) is 2.50. The molecule has 4 nitrogen and oxygen atoms in total. The van der Waals surface area contributed by atoms with Crippen LogP contribution in [0.25, 0.3) is 10.9 Å². The summed E-state index contributed by atoms with van der Waals surface area (Å²) in [5.74, 6) is -0.468. The van der Waals surface area contributed by atoms with E-state index in [2.05, 4.69) is 0 Å². The summed E-state index contributed by atoms with van der Waals surface area (Å²) in [5.41, 5.74) is 2.61. The van der Waals surface area contributed by atoms with E-state index in [1.165, 1.54) is 0 Å². The zero-order valence-electron chi connectivity index (χ0n) is 11.9. The number of aromatic nitrogens is 1. The van der Waals surface area contributed by atoms with Crippen LogP contribution >= 0.6 is 0 Å². The number of nitriles is 1. The smallest absolute Gasteiger partial charge is 0.341 e. The van der Waals surface area contributed by atoms with E-state index in [1.54, 1.807) is 6.20 Å². The third kappa shape index (κ3) is 2.70. The summed E-state index contributed by atoms with van der Waals surface area (Å²) in [5, 5.41) is 9.38. The fourth-order valence-electron chi connectivity index (χ4n) is 2.50. The molecular formula is C18H14N2O2. The van der Waals surface area contributed by atoms with Crippen molar-refractivity contribution in [2.24, 2.45) is 0 Å². The van der Waals surface area contributed by atoms with Gasteiger partial charge in [0.05, 0.1) is 5.56 Å². The predicted molar refractivity (Wildman–Crippen MR) is 83.4 cm³/mol. The van der Waals surface area contributed by atoms with E-state index in [4.69, 9.17) is 10.00 Å². The molecule has 0 aliphatic heterocycles. The second-order valence-electron chi connectivity index (χ2n) is 4.91. The number of para-hydroxylation sites is 1. The van der Waals surface area contributed by atoms with E-state index in [0.29, 0.717) is 12.1 Å². The number of hydrogen-bond donors (Lipinski definition) is 0. The van der Waals surface area contributed by atoms with Crippen LogP contribution in [0.3, 0.4) is 0 Å². The molecule has 108 valence electrons. The van der Waals surface area contributed by atoms with Crippen molar-refractivity contribution in [1.29, 1.82) is 5.26 Å². The van der Waals surface area contributed by atoms with Crippen molar-refractivity contribution >= 4 is 16.9 Å². The largest absolute Gasteiger partial charge is 0.447 e. The van der Waals surface area contributed by atoms with Gasteiger partial charge in [0.15, 0.2) is 6.61 Å². The Morgan fingerprint density at radius 3 is 2.59 bits per heavy atom. The molecule has 2 aromatic carbocycles. The first-order valence-corrected chi connectivity index (χ1v) is 6.95. The predicted octanol–water partition coefficient (Wildman–Crippen LogP) is 3.37. The first kappa shape index (κ1) is 13.9. The van der Waals surface area contributed by atoms with Gasteiger partial charge in [0.1, 0.15) is 6.07 Å². The minimum absolute atomic E-state index is 0.239. The first-order chi connectivity index (χ1) is 10.8. The van der Waals surface area contributed by atoms with Crippen molar-refractivity contribution in [3.63, 3.8) is 0 Å². The lowest BCUT2D eigenvalue weighted by Crippen LogP contribution is -2.05. The van der Waals surface area contributed by atoms with Crippen LogP contribution in [0.5, 0.6) is 0 Å². The standard InChI is InChI=1S/C18H14N2O2/c19-10-11-22-18(21)16-13-20(12-14-6-2-1-3-7-14)17-9-5-4-8-15(16)17/h1-9,13H,11-12H2. The quantitative estimate of drug-likeness (QED) is 0.692. The van der Waals surface area contributed by atoms with E-state index in [0.717, 1.165) is 16.5 Å². The molecule has 0 aliphatic rings. The SMILES string of the molecule is N#CCOC(=O)c1cn(Cc2ccccc2)c2ccccc12. The molecule has 0 bridgehead atoms. The highest BCUT2D eigenvalue weighted by Crippen LogP contribution is 2.23. The molecule has 22 heavy (non-hydrogen) atoms. The van der Waals surface area contributed by atoms with Gasteiger partial charge in [0.25, 0.3) is 0 Å². The van der Waals surface area contributed by atoms with Gasteiger partial charge in [0, 0.05) is 23.6 Å². The maximum absolute atomic E-state index is 12.1. The summed E-state index contributed by atoms with van der Waals surface area (Å²) in [6, 6.07) is 19.5. The van der Waals surface area contributed by atoms with Crippen LogP contribution in [0.2, 0.25) is 0 Å². The summed E-state index contributed by atoms with van der Waals surface area (Å²) < 4.78 is 6.96. The molecule has 0 amide bonds. The molecule has 0 radical (unpaired) electrons. The van der Waals surface area contributed by atoms with Crippen LogP contribution in [0.15, 0.2) is 60.8 Å². The van der Waals surface area contributed by atoms with Crippen molar-refractivity contribution in [2.45, 2.75) is 6.54 Å². The summed E-state index contributed by atoms with van der Waals surface area (Å²) in [6.07, 6.45) is 1.79. The zero-order valence-corrected chi connectivity index (χ0v) is 11.9. The number of benzene rings is 2. The maximum Gasteiger partial charge on any atom is 0.341 e. The molecule has 0 aliphatic carbocycles. The number of ether oxygens (including phenoxy) is 1. The van der Waals surface area contributed by atoms with Crippen LogP contribution in [0, 0.1) is 11.3 Å². The van der Waals surface area contributed by atoms with Crippen molar-refractivity contribution in [3.8, 4) is 6.07 Å². The van der Waals surface area contributed by atoms with Gasteiger partial charge in [-0.2, -0.15) is 5.26 Å². The summed E-state index contributed by atoms with van der Waals surface area (Å²) in [7, 11) is 0. The number of fused-ring (bicyclic) bond motifs is 1. The molecule has 0 spiro atoms. The van der Waals surface area contributed by atoms with Gasteiger partial charge >= 0.3 is 5.97 Å². The molecule has 0 unspecified atom stereocenters. The second-order valence-corrected chi connectivity index (χ2v) is 4.91. The van der Waals surface area contributed by atoms with Crippen molar-refractivity contribution < 1.29 is 9.53 Å².